The fraction of sp³-hybridized carbons (Fsp3) is 0.909. The van der Waals surface area contributed by atoms with E-state index < -0.39 is 0 Å². The summed E-state index contributed by atoms with van der Waals surface area (Å²) in [5.41, 5.74) is 0. The highest BCUT2D eigenvalue weighted by molar-refractivity contribution is 4.70. The van der Waals surface area contributed by atoms with Crippen molar-refractivity contribution in [2.24, 2.45) is 0 Å². The van der Waals surface area contributed by atoms with E-state index in [4.69, 9.17) is 4.74 Å². The molecule has 1 nitrogen and oxygen atoms in total. The minimum Gasteiger partial charge on any atom is -0.502 e. The van der Waals surface area contributed by atoms with Gasteiger partial charge >= 0.3 is 0 Å². The summed E-state index contributed by atoms with van der Waals surface area (Å²) < 4.78 is 5.41. The van der Waals surface area contributed by atoms with Gasteiger partial charge < -0.3 is 4.74 Å². The first-order valence-electron chi connectivity index (χ1n) is 10.7. The van der Waals surface area contributed by atoms with Crippen LogP contribution in [0.5, 0.6) is 0 Å². The highest BCUT2D eigenvalue weighted by atomic mass is 16.5. The molecule has 0 saturated carbocycles. The van der Waals surface area contributed by atoms with Gasteiger partial charge in [-0.3, -0.25) is 0 Å². The first kappa shape index (κ1) is 22.5. The number of hydrogen-bond acceptors (Lipinski definition) is 1. The van der Waals surface area contributed by atoms with E-state index in [1.54, 1.807) is 0 Å². The van der Waals surface area contributed by atoms with Crippen molar-refractivity contribution in [3.63, 3.8) is 0 Å². The Morgan fingerprint density at radius 3 is 1.30 bits per heavy atom. The van der Waals surface area contributed by atoms with Crippen LogP contribution in [0.1, 0.15) is 123 Å². The SMILES string of the molecule is CC/C=C/OCCCCCCCCCCCCCCCCCC. The zero-order chi connectivity index (χ0) is 16.8. The van der Waals surface area contributed by atoms with Crippen LogP contribution >= 0.6 is 0 Å². The van der Waals surface area contributed by atoms with E-state index in [1.165, 1.54) is 103 Å². The number of unbranched alkanes of at least 4 members (excludes halogenated alkanes) is 15. The maximum atomic E-state index is 5.41. The summed E-state index contributed by atoms with van der Waals surface area (Å²) in [5.74, 6) is 0. The van der Waals surface area contributed by atoms with Crippen LogP contribution in [-0.4, -0.2) is 6.61 Å². The highest BCUT2D eigenvalue weighted by Gasteiger charge is 1.94. The van der Waals surface area contributed by atoms with Gasteiger partial charge in [-0.25, -0.2) is 0 Å². The molecular weight excluding hydrogens is 280 g/mol. The van der Waals surface area contributed by atoms with E-state index in [0.29, 0.717) is 0 Å². The molecule has 0 saturated heterocycles. The monoisotopic (exact) mass is 324 g/mol. The first-order valence-corrected chi connectivity index (χ1v) is 10.7. The molecule has 0 aromatic rings. The lowest BCUT2D eigenvalue weighted by Crippen LogP contribution is -1.88. The van der Waals surface area contributed by atoms with E-state index in [1.807, 2.05) is 6.26 Å². The Hall–Kier alpha value is -0.460. The topological polar surface area (TPSA) is 9.23 Å². The van der Waals surface area contributed by atoms with Gasteiger partial charge in [0.2, 0.25) is 0 Å². The molecule has 138 valence electrons. The first-order chi connectivity index (χ1) is 11.4. The van der Waals surface area contributed by atoms with Gasteiger partial charge in [0.15, 0.2) is 0 Å². The zero-order valence-electron chi connectivity index (χ0n) is 16.3. The van der Waals surface area contributed by atoms with Gasteiger partial charge in [-0.15, -0.1) is 0 Å². The van der Waals surface area contributed by atoms with Crippen molar-refractivity contribution in [2.75, 3.05) is 6.61 Å². The number of ether oxygens (including phenoxy) is 1. The standard InChI is InChI=1S/C22H44O/c1-3-5-7-8-9-10-11-12-13-14-15-16-17-18-19-20-22-23-21-6-4-2/h6,21H,3-5,7-20,22H2,1-2H3/b21-6+. The average Bonchev–Trinajstić information content (AvgIpc) is 2.57. The van der Waals surface area contributed by atoms with Crippen molar-refractivity contribution in [2.45, 2.75) is 123 Å². The van der Waals surface area contributed by atoms with Crippen LogP contribution < -0.4 is 0 Å². The van der Waals surface area contributed by atoms with Crippen molar-refractivity contribution in [3.8, 4) is 0 Å². The fourth-order valence-corrected chi connectivity index (χ4v) is 2.97. The molecule has 0 spiro atoms. The highest BCUT2D eigenvalue weighted by Crippen LogP contribution is 2.13. The molecule has 0 radical (unpaired) electrons. The lowest BCUT2D eigenvalue weighted by molar-refractivity contribution is 0.239. The molecule has 0 aromatic carbocycles. The normalized spacial score (nSPS) is 11.4. The van der Waals surface area contributed by atoms with Crippen molar-refractivity contribution in [1.82, 2.24) is 0 Å². The van der Waals surface area contributed by atoms with E-state index in [9.17, 15) is 0 Å². The van der Waals surface area contributed by atoms with Crippen molar-refractivity contribution < 1.29 is 4.74 Å². The molecule has 0 aliphatic carbocycles. The Kier molecular flexibility index (Phi) is 21.1. The summed E-state index contributed by atoms with van der Waals surface area (Å²) in [7, 11) is 0. The van der Waals surface area contributed by atoms with E-state index >= 15 is 0 Å². The zero-order valence-corrected chi connectivity index (χ0v) is 16.3. The molecule has 0 unspecified atom stereocenters. The summed E-state index contributed by atoms with van der Waals surface area (Å²) in [5, 5.41) is 0. The Morgan fingerprint density at radius 2 is 0.913 bits per heavy atom. The predicted molar refractivity (Wildman–Crippen MR) is 105 cm³/mol. The van der Waals surface area contributed by atoms with Gasteiger partial charge in [-0.05, 0) is 12.8 Å². The number of rotatable bonds is 19. The Morgan fingerprint density at radius 1 is 0.522 bits per heavy atom. The van der Waals surface area contributed by atoms with Gasteiger partial charge in [0.1, 0.15) is 0 Å². The maximum Gasteiger partial charge on any atom is 0.0873 e. The third kappa shape index (κ3) is 21.5. The van der Waals surface area contributed by atoms with Crippen LogP contribution in [0.15, 0.2) is 12.3 Å². The Labute approximate surface area is 147 Å². The van der Waals surface area contributed by atoms with Gasteiger partial charge in [0.05, 0.1) is 12.9 Å². The predicted octanol–water partition coefficient (Wildman–Crippen LogP) is 8.19. The second kappa shape index (κ2) is 21.5. The Bertz CT molecular complexity index is 222. The smallest absolute Gasteiger partial charge is 0.0873 e. The third-order valence-electron chi connectivity index (χ3n) is 4.54. The second-order valence-corrected chi connectivity index (χ2v) is 6.95. The summed E-state index contributed by atoms with van der Waals surface area (Å²) in [6, 6.07) is 0. The quantitative estimate of drug-likeness (QED) is 0.172. The lowest BCUT2D eigenvalue weighted by atomic mass is 10.0. The number of allylic oxidation sites excluding steroid dienone is 1. The number of hydrogen-bond donors (Lipinski definition) is 0. The summed E-state index contributed by atoms with van der Waals surface area (Å²) in [6.45, 7) is 5.32. The van der Waals surface area contributed by atoms with Crippen LogP contribution in [0.4, 0.5) is 0 Å². The van der Waals surface area contributed by atoms with Gasteiger partial charge in [0.25, 0.3) is 0 Å². The van der Waals surface area contributed by atoms with Crippen molar-refractivity contribution in [3.05, 3.63) is 12.3 Å². The second-order valence-electron chi connectivity index (χ2n) is 6.95. The molecular formula is C22H44O. The summed E-state index contributed by atoms with van der Waals surface area (Å²) in [4.78, 5) is 0. The molecule has 0 amide bonds. The summed E-state index contributed by atoms with van der Waals surface area (Å²) >= 11 is 0. The molecule has 0 bridgehead atoms. The molecule has 0 aliphatic rings. The molecule has 1 heteroatoms. The minimum atomic E-state index is 0.898. The third-order valence-corrected chi connectivity index (χ3v) is 4.54. The van der Waals surface area contributed by atoms with Crippen LogP contribution in [0.25, 0.3) is 0 Å². The van der Waals surface area contributed by atoms with Gasteiger partial charge in [-0.2, -0.15) is 0 Å². The molecule has 0 fully saturated rings. The molecule has 23 heavy (non-hydrogen) atoms. The fourth-order valence-electron chi connectivity index (χ4n) is 2.97. The molecule has 0 atom stereocenters. The largest absolute Gasteiger partial charge is 0.502 e. The van der Waals surface area contributed by atoms with Gasteiger partial charge in [-0.1, -0.05) is 116 Å². The molecule has 0 heterocycles. The lowest BCUT2D eigenvalue weighted by Gasteiger charge is -2.04. The van der Waals surface area contributed by atoms with Crippen LogP contribution in [0, 0.1) is 0 Å². The Balaban J connectivity index is 2.96. The maximum absolute atomic E-state index is 5.41. The van der Waals surface area contributed by atoms with Gasteiger partial charge in [0, 0.05) is 0 Å². The van der Waals surface area contributed by atoms with E-state index in [2.05, 4.69) is 19.9 Å². The van der Waals surface area contributed by atoms with Crippen LogP contribution in [0.2, 0.25) is 0 Å². The molecule has 0 rings (SSSR count). The van der Waals surface area contributed by atoms with Crippen molar-refractivity contribution in [1.29, 1.82) is 0 Å². The molecule has 0 aliphatic heterocycles. The van der Waals surface area contributed by atoms with E-state index in [0.717, 1.165) is 13.0 Å². The van der Waals surface area contributed by atoms with E-state index in [-0.39, 0.29) is 0 Å². The average molecular weight is 325 g/mol. The van der Waals surface area contributed by atoms with Crippen LogP contribution in [-0.2, 0) is 4.74 Å². The van der Waals surface area contributed by atoms with Crippen molar-refractivity contribution >= 4 is 0 Å². The summed E-state index contributed by atoms with van der Waals surface area (Å²) in [6.07, 6.45) is 27.8. The molecule has 0 N–H and O–H groups in total. The molecule has 0 aromatic heterocycles. The minimum absolute atomic E-state index is 0.898. The van der Waals surface area contributed by atoms with Crippen LogP contribution in [0.3, 0.4) is 0 Å².